The van der Waals surface area contributed by atoms with Crippen LogP contribution in [0.15, 0.2) is 6.33 Å². The number of H-pyrrole nitrogens is 1. The Hall–Kier alpha value is -1.43. The average Bonchev–Trinajstić information content (AvgIpc) is 2.82. The standard InChI is InChI=1S/C10H19N5O/c1-3-10(4-2,6-11)9(16)12-5-8-13-7-14-15-8/h7H,3-6,11H2,1-2H3,(H,12,16)(H,13,14,15). The minimum Gasteiger partial charge on any atom is -0.348 e. The van der Waals surface area contributed by atoms with Crippen LogP contribution in [0.2, 0.25) is 0 Å². The molecule has 0 aliphatic carbocycles. The third-order valence-electron chi connectivity index (χ3n) is 3.11. The number of hydrogen-bond acceptors (Lipinski definition) is 4. The zero-order valence-corrected chi connectivity index (χ0v) is 9.79. The molecule has 0 bridgehead atoms. The second-order valence-corrected chi connectivity index (χ2v) is 3.81. The molecule has 90 valence electrons. The molecule has 1 amide bonds. The summed E-state index contributed by atoms with van der Waals surface area (Å²) in [5.74, 6) is 0.628. The minimum atomic E-state index is -0.458. The van der Waals surface area contributed by atoms with Crippen LogP contribution < -0.4 is 11.1 Å². The van der Waals surface area contributed by atoms with E-state index in [2.05, 4.69) is 20.5 Å². The van der Waals surface area contributed by atoms with Crippen LogP contribution >= 0.6 is 0 Å². The van der Waals surface area contributed by atoms with Crippen LogP contribution in [-0.4, -0.2) is 27.6 Å². The number of rotatable bonds is 6. The van der Waals surface area contributed by atoms with E-state index in [0.717, 1.165) is 12.8 Å². The molecule has 16 heavy (non-hydrogen) atoms. The zero-order chi connectivity index (χ0) is 12.0. The van der Waals surface area contributed by atoms with Crippen molar-refractivity contribution in [3.63, 3.8) is 0 Å². The van der Waals surface area contributed by atoms with Gasteiger partial charge < -0.3 is 11.1 Å². The SMILES string of the molecule is CCC(CC)(CN)C(=O)NCc1ncn[nH]1. The first-order valence-corrected chi connectivity index (χ1v) is 5.51. The van der Waals surface area contributed by atoms with E-state index in [9.17, 15) is 4.79 Å². The van der Waals surface area contributed by atoms with Crippen molar-refractivity contribution < 1.29 is 4.79 Å². The first kappa shape index (κ1) is 12.6. The number of hydrogen-bond donors (Lipinski definition) is 3. The molecule has 0 radical (unpaired) electrons. The fourth-order valence-corrected chi connectivity index (χ4v) is 1.62. The van der Waals surface area contributed by atoms with E-state index in [0.29, 0.717) is 18.9 Å². The highest BCUT2D eigenvalue weighted by molar-refractivity contribution is 5.82. The van der Waals surface area contributed by atoms with Crippen molar-refractivity contribution in [2.75, 3.05) is 6.54 Å². The van der Waals surface area contributed by atoms with Crippen molar-refractivity contribution in [3.05, 3.63) is 12.2 Å². The predicted octanol–water partition coefficient (Wildman–Crippen LogP) is 0.186. The van der Waals surface area contributed by atoms with Gasteiger partial charge in [0.25, 0.3) is 0 Å². The van der Waals surface area contributed by atoms with E-state index in [1.807, 2.05) is 13.8 Å². The topological polar surface area (TPSA) is 96.7 Å². The third kappa shape index (κ3) is 2.57. The molecule has 1 aromatic heterocycles. The summed E-state index contributed by atoms with van der Waals surface area (Å²) in [6, 6.07) is 0. The van der Waals surface area contributed by atoms with Gasteiger partial charge in [-0.25, -0.2) is 4.98 Å². The van der Waals surface area contributed by atoms with Crippen molar-refractivity contribution >= 4 is 5.91 Å². The quantitative estimate of drug-likeness (QED) is 0.643. The molecule has 0 unspecified atom stereocenters. The lowest BCUT2D eigenvalue weighted by atomic mass is 9.81. The average molecular weight is 225 g/mol. The van der Waals surface area contributed by atoms with Gasteiger partial charge in [-0.1, -0.05) is 13.8 Å². The molecule has 0 spiro atoms. The molecule has 0 aliphatic heterocycles. The van der Waals surface area contributed by atoms with E-state index in [1.54, 1.807) is 0 Å². The zero-order valence-electron chi connectivity index (χ0n) is 9.79. The lowest BCUT2D eigenvalue weighted by molar-refractivity contribution is -0.131. The fraction of sp³-hybridized carbons (Fsp3) is 0.700. The predicted molar refractivity (Wildman–Crippen MR) is 60.3 cm³/mol. The summed E-state index contributed by atoms with van der Waals surface area (Å²) < 4.78 is 0. The van der Waals surface area contributed by atoms with Crippen molar-refractivity contribution in [2.45, 2.75) is 33.2 Å². The third-order valence-corrected chi connectivity index (χ3v) is 3.11. The van der Waals surface area contributed by atoms with E-state index in [4.69, 9.17) is 5.73 Å². The van der Waals surface area contributed by atoms with E-state index >= 15 is 0 Å². The van der Waals surface area contributed by atoms with Crippen molar-refractivity contribution in [3.8, 4) is 0 Å². The van der Waals surface area contributed by atoms with Gasteiger partial charge in [0.05, 0.1) is 12.0 Å². The Kier molecular flexibility index (Phi) is 4.42. The Morgan fingerprint density at radius 2 is 2.25 bits per heavy atom. The highest BCUT2D eigenvalue weighted by Gasteiger charge is 2.32. The molecule has 1 aromatic rings. The maximum atomic E-state index is 12.0. The molecule has 6 heteroatoms. The van der Waals surface area contributed by atoms with Gasteiger partial charge in [0, 0.05) is 6.54 Å². The van der Waals surface area contributed by atoms with E-state index in [-0.39, 0.29) is 5.91 Å². The Morgan fingerprint density at radius 1 is 1.56 bits per heavy atom. The largest absolute Gasteiger partial charge is 0.348 e. The molecule has 1 heterocycles. The molecule has 0 fully saturated rings. The maximum absolute atomic E-state index is 12.0. The van der Waals surface area contributed by atoms with Crippen LogP contribution in [-0.2, 0) is 11.3 Å². The fourth-order valence-electron chi connectivity index (χ4n) is 1.62. The summed E-state index contributed by atoms with van der Waals surface area (Å²) in [6.45, 7) is 4.68. The number of carbonyl (C=O) groups excluding carboxylic acids is 1. The number of amides is 1. The van der Waals surface area contributed by atoms with Crippen molar-refractivity contribution in [1.29, 1.82) is 0 Å². The smallest absolute Gasteiger partial charge is 0.227 e. The van der Waals surface area contributed by atoms with E-state index in [1.165, 1.54) is 6.33 Å². The number of aromatic nitrogens is 3. The summed E-state index contributed by atoms with van der Waals surface area (Å²) in [4.78, 5) is 15.9. The summed E-state index contributed by atoms with van der Waals surface area (Å²) in [7, 11) is 0. The molecule has 6 nitrogen and oxygen atoms in total. The molecule has 0 aromatic carbocycles. The molecule has 0 saturated heterocycles. The Bertz CT molecular complexity index is 310. The van der Waals surface area contributed by atoms with Crippen LogP contribution in [0.1, 0.15) is 32.5 Å². The summed E-state index contributed by atoms with van der Waals surface area (Å²) in [5.41, 5.74) is 5.22. The number of nitrogens with zero attached hydrogens (tertiary/aromatic N) is 2. The lowest BCUT2D eigenvalue weighted by Crippen LogP contribution is -2.45. The van der Waals surface area contributed by atoms with Gasteiger partial charge >= 0.3 is 0 Å². The number of carbonyl (C=O) groups is 1. The van der Waals surface area contributed by atoms with Crippen LogP contribution in [0.25, 0.3) is 0 Å². The number of nitrogens with two attached hydrogens (primary N) is 1. The summed E-state index contributed by atoms with van der Waals surface area (Å²) in [5, 5.41) is 9.23. The van der Waals surface area contributed by atoms with Crippen LogP contribution in [0.4, 0.5) is 0 Å². The molecule has 0 aliphatic rings. The van der Waals surface area contributed by atoms with Crippen LogP contribution in [0.5, 0.6) is 0 Å². The molecule has 1 rings (SSSR count). The molecule has 0 atom stereocenters. The van der Waals surface area contributed by atoms with Gasteiger partial charge in [-0.3, -0.25) is 9.89 Å². The lowest BCUT2D eigenvalue weighted by Gasteiger charge is -2.28. The van der Waals surface area contributed by atoms with Gasteiger partial charge in [0.2, 0.25) is 5.91 Å². The number of aromatic amines is 1. The van der Waals surface area contributed by atoms with Crippen LogP contribution in [0, 0.1) is 5.41 Å². The molecule has 0 saturated carbocycles. The van der Waals surface area contributed by atoms with Gasteiger partial charge in [-0.2, -0.15) is 5.10 Å². The first-order chi connectivity index (χ1) is 7.68. The summed E-state index contributed by atoms with van der Waals surface area (Å²) >= 11 is 0. The van der Waals surface area contributed by atoms with Crippen molar-refractivity contribution in [2.24, 2.45) is 11.1 Å². The highest BCUT2D eigenvalue weighted by atomic mass is 16.2. The number of nitrogens with one attached hydrogen (secondary N) is 2. The molecular formula is C10H19N5O. The summed E-state index contributed by atoms with van der Waals surface area (Å²) in [6.07, 6.45) is 2.89. The maximum Gasteiger partial charge on any atom is 0.227 e. The Morgan fingerprint density at radius 3 is 2.69 bits per heavy atom. The van der Waals surface area contributed by atoms with Gasteiger partial charge in [0.1, 0.15) is 12.2 Å². The van der Waals surface area contributed by atoms with Crippen molar-refractivity contribution in [1.82, 2.24) is 20.5 Å². The van der Waals surface area contributed by atoms with Gasteiger partial charge in [-0.15, -0.1) is 0 Å². The molecule has 4 N–H and O–H groups in total. The second-order valence-electron chi connectivity index (χ2n) is 3.81. The first-order valence-electron chi connectivity index (χ1n) is 5.51. The monoisotopic (exact) mass is 225 g/mol. The second kappa shape index (κ2) is 5.60. The highest BCUT2D eigenvalue weighted by Crippen LogP contribution is 2.24. The Balaban J connectivity index is 2.56. The normalized spacial score (nSPS) is 11.4. The minimum absolute atomic E-state index is 0.0172. The van der Waals surface area contributed by atoms with Gasteiger partial charge in [-0.05, 0) is 12.8 Å². The molecular weight excluding hydrogens is 206 g/mol. The van der Waals surface area contributed by atoms with E-state index < -0.39 is 5.41 Å². The van der Waals surface area contributed by atoms with Gasteiger partial charge in [0.15, 0.2) is 0 Å². The Labute approximate surface area is 95.0 Å². The van der Waals surface area contributed by atoms with Crippen LogP contribution in [0.3, 0.4) is 0 Å².